The van der Waals surface area contributed by atoms with Crippen molar-refractivity contribution in [2.75, 3.05) is 18.5 Å². The quantitative estimate of drug-likeness (QED) is 0.726. The van der Waals surface area contributed by atoms with Crippen molar-refractivity contribution in [3.63, 3.8) is 0 Å². The normalized spacial score (nSPS) is 11.9. The van der Waals surface area contributed by atoms with Gasteiger partial charge in [0.2, 0.25) is 0 Å². The van der Waals surface area contributed by atoms with Crippen LogP contribution >= 0.6 is 15.9 Å². The van der Waals surface area contributed by atoms with Crippen LogP contribution in [-0.4, -0.2) is 38.7 Å². The van der Waals surface area contributed by atoms with E-state index in [4.69, 9.17) is 0 Å². The summed E-state index contributed by atoms with van der Waals surface area (Å²) >= 11 is 3.24. The number of rotatable bonds is 6. The van der Waals surface area contributed by atoms with E-state index in [0.717, 1.165) is 0 Å². The molecule has 0 aliphatic rings. The van der Waals surface area contributed by atoms with Crippen LogP contribution in [0.4, 0.5) is 5.69 Å². The minimum absolute atomic E-state index is 0.0375. The fourth-order valence-corrected chi connectivity index (χ4v) is 2.01. The maximum absolute atomic E-state index is 12.1. The van der Waals surface area contributed by atoms with Gasteiger partial charge in [0.1, 0.15) is 4.47 Å². The van der Waals surface area contributed by atoms with Gasteiger partial charge in [-0.3, -0.25) is 4.79 Å². The van der Waals surface area contributed by atoms with E-state index in [1.54, 1.807) is 0 Å². The summed E-state index contributed by atoms with van der Waals surface area (Å²) in [6.07, 6.45) is 2.03. The smallest absolute Gasteiger partial charge is 0.283 e. The molecule has 0 atom stereocenters. The van der Waals surface area contributed by atoms with Crippen LogP contribution < -0.4 is 10.9 Å². The summed E-state index contributed by atoms with van der Waals surface area (Å²) in [6, 6.07) is -0.0375. The minimum Gasteiger partial charge on any atom is -0.394 e. The maximum Gasteiger partial charge on any atom is 0.283 e. The first-order valence-corrected chi connectivity index (χ1v) is 6.97. The van der Waals surface area contributed by atoms with E-state index in [1.165, 1.54) is 10.9 Å². The molecule has 0 aliphatic carbocycles. The lowest BCUT2D eigenvalue weighted by Crippen LogP contribution is -2.45. The number of anilines is 1. The summed E-state index contributed by atoms with van der Waals surface area (Å²) in [5, 5.41) is 25.9. The molecular weight excluding hydrogens is 314 g/mol. The molecule has 19 heavy (non-hydrogen) atoms. The summed E-state index contributed by atoms with van der Waals surface area (Å²) in [5.41, 5.74) is -0.645. The van der Waals surface area contributed by atoms with Gasteiger partial charge in [-0.15, -0.1) is 0 Å². The van der Waals surface area contributed by atoms with Crippen molar-refractivity contribution in [1.82, 2.24) is 9.78 Å². The first-order valence-electron chi connectivity index (χ1n) is 6.18. The second kappa shape index (κ2) is 6.49. The van der Waals surface area contributed by atoms with Crippen LogP contribution in [0.1, 0.15) is 33.2 Å². The number of nitrogens with one attached hydrogen (secondary N) is 1. The molecule has 0 radical (unpaired) electrons. The highest BCUT2D eigenvalue weighted by atomic mass is 79.9. The SMILES string of the molecule is CCC(CO)(CO)Nc1cnn(C(C)C)c(=O)c1Br. The zero-order chi connectivity index (χ0) is 14.6. The second-order valence-electron chi connectivity index (χ2n) is 4.79. The summed E-state index contributed by atoms with van der Waals surface area (Å²) in [7, 11) is 0. The average Bonchev–Trinajstić information content (AvgIpc) is 2.40. The predicted molar refractivity (Wildman–Crippen MR) is 77.4 cm³/mol. The number of nitrogens with zero attached hydrogens (tertiary/aromatic N) is 2. The Kier molecular flexibility index (Phi) is 5.51. The Morgan fingerprint density at radius 1 is 1.47 bits per heavy atom. The van der Waals surface area contributed by atoms with Crippen LogP contribution in [0.15, 0.2) is 15.5 Å². The molecule has 0 aliphatic heterocycles. The number of hydrogen-bond donors (Lipinski definition) is 3. The van der Waals surface area contributed by atoms with E-state index in [2.05, 4.69) is 26.3 Å². The largest absolute Gasteiger partial charge is 0.394 e. The van der Waals surface area contributed by atoms with Crippen LogP contribution in [0.25, 0.3) is 0 Å². The molecule has 108 valence electrons. The van der Waals surface area contributed by atoms with Crippen LogP contribution in [-0.2, 0) is 0 Å². The van der Waals surface area contributed by atoms with Crippen LogP contribution in [0.5, 0.6) is 0 Å². The van der Waals surface area contributed by atoms with Gasteiger partial charge in [0.15, 0.2) is 0 Å². The zero-order valence-electron chi connectivity index (χ0n) is 11.4. The average molecular weight is 334 g/mol. The molecule has 1 heterocycles. The van der Waals surface area contributed by atoms with Crippen molar-refractivity contribution < 1.29 is 10.2 Å². The molecule has 3 N–H and O–H groups in total. The minimum atomic E-state index is -0.860. The number of halogens is 1. The number of hydrogen-bond acceptors (Lipinski definition) is 5. The van der Waals surface area contributed by atoms with E-state index in [9.17, 15) is 15.0 Å². The molecule has 0 saturated carbocycles. The van der Waals surface area contributed by atoms with E-state index in [0.29, 0.717) is 16.6 Å². The molecule has 0 unspecified atom stereocenters. The Morgan fingerprint density at radius 3 is 2.47 bits per heavy atom. The van der Waals surface area contributed by atoms with Crippen molar-refractivity contribution in [3.05, 3.63) is 21.0 Å². The summed E-state index contributed by atoms with van der Waals surface area (Å²) in [6.45, 7) is 5.10. The molecule has 0 bridgehead atoms. The Bertz CT molecular complexity index is 475. The summed E-state index contributed by atoms with van der Waals surface area (Å²) in [5.74, 6) is 0. The van der Waals surface area contributed by atoms with Gasteiger partial charge < -0.3 is 15.5 Å². The Hall–Kier alpha value is -0.920. The van der Waals surface area contributed by atoms with Crippen LogP contribution in [0.3, 0.4) is 0 Å². The van der Waals surface area contributed by atoms with Gasteiger partial charge in [-0.05, 0) is 36.2 Å². The molecule has 0 saturated heterocycles. The Balaban J connectivity index is 3.17. The molecule has 0 spiro atoms. The molecule has 1 aromatic heterocycles. The van der Waals surface area contributed by atoms with Crippen molar-refractivity contribution >= 4 is 21.6 Å². The van der Waals surface area contributed by atoms with Crippen molar-refractivity contribution in [2.45, 2.75) is 38.8 Å². The number of aliphatic hydroxyl groups excluding tert-OH is 2. The van der Waals surface area contributed by atoms with Gasteiger partial charge in [0.05, 0.1) is 36.7 Å². The first-order chi connectivity index (χ1) is 8.90. The highest BCUT2D eigenvalue weighted by molar-refractivity contribution is 9.10. The van der Waals surface area contributed by atoms with Crippen molar-refractivity contribution in [2.24, 2.45) is 0 Å². The molecule has 7 heteroatoms. The van der Waals surface area contributed by atoms with E-state index >= 15 is 0 Å². The fourth-order valence-electron chi connectivity index (χ4n) is 1.63. The highest BCUT2D eigenvalue weighted by Crippen LogP contribution is 2.23. The second-order valence-corrected chi connectivity index (χ2v) is 5.58. The number of aromatic nitrogens is 2. The Morgan fingerprint density at radius 2 is 2.05 bits per heavy atom. The van der Waals surface area contributed by atoms with Gasteiger partial charge >= 0.3 is 0 Å². The van der Waals surface area contributed by atoms with E-state index in [1.807, 2.05) is 20.8 Å². The van der Waals surface area contributed by atoms with Gasteiger partial charge in [0.25, 0.3) is 5.56 Å². The van der Waals surface area contributed by atoms with Gasteiger partial charge in [-0.1, -0.05) is 6.92 Å². The van der Waals surface area contributed by atoms with Crippen molar-refractivity contribution in [1.29, 1.82) is 0 Å². The molecule has 0 aromatic carbocycles. The van der Waals surface area contributed by atoms with Gasteiger partial charge in [0, 0.05) is 0 Å². The lowest BCUT2D eigenvalue weighted by molar-refractivity contribution is 0.132. The van der Waals surface area contributed by atoms with E-state index < -0.39 is 5.54 Å². The lowest BCUT2D eigenvalue weighted by atomic mass is 9.98. The van der Waals surface area contributed by atoms with Gasteiger partial charge in [-0.25, -0.2) is 4.68 Å². The first kappa shape index (κ1) is 16.1. The fraction of sp³-hybridized carbons (Fsp3) is 0.667. The molecule has 6 nitrogen and oxygen atoms in total. The monoisotopic (exact) mass is 333 g/mol. The van der Waals surface area contributed by atoms with Crippen molar-refractivity contribution in [3.8, 4) is 0 Å². The van der Waals surface area contributed by atoms with Crippen LogP contribution in [0.2, 0.25) is 0 Å². The summed E-state index contributed by atoms with van der Waals surface area (Å²) < 4.78 is 1.71. The molecule has 0 fully saturated rings. The van der Waals surface area contributed by atoms with Crippen LogP contribution in [0, 0.1) is 0 Å². The maximum atomic E-state index is 12.1. The zero-order valence-corrected chi connectivity index (χ0v) is 12.9. The molecule has 1 aromatic rings. The third-order valence-corrected chi connectivity index (χ3v) is 3.88. The van der Waals surface area contributed by atoms with Gasteiger partial charge in [-0.2, -0.15) is 5.10 Å². The standard InChI is InChI=1S/C12H20BrN3O3/c1-4-12(6-17,7-18)15-9-5-14-16(8(2)3)11(19)10(9)13/h5,8,15,17-18H,4,6-7H2,1-3H3. The topological polar surface area (TPSA) is 87.4 Å². The molecule has 0 amide bonds. The lowest BCUT2D eigenvalue weighted by Gasteiger charge is -2.31. The number of aliphatic hydroxyl groups is 2. The summed E-state index contributed by atoms with van der Waals surface area (Å²) in [4.78, 5) is 12.1. The van der Waals surface area contributed by atoms with E-state index in [-0.39, 0.29) is 24.8 Å². The highest BCUT2D eigenvalue weighted by Gasteiger charge is 2.27. The third-order valence-electron chi connectivity index (χ3n) is 3.11. The Labute approximate surface area is 120 Å². The molecule has 1 rings (SSSR count). The molecular formula is C12H20BrN3O3. The third kappa shape index (κ3) is 3.34. The predicted octanol–water partition coefficient (Wildman–Crippen LogP) is 1.13.